The van der Waals surface area contributed by atoms with Crippen molar-refractivity contribution in [1.82, 2.24) is 4.57 Å². The summed E-state index contributed by atoms with van der Waals surface area (Å²) in [6.45, 7) is 0.293. The van der Waals surface area contributed by atoms with Crippen LogP contribution in [0.25, 0.3) is 0 Å². The van der Waals surface area contributed by atoms with Crippen LogP contribution in [0, 0.1) is 0 Å². The maximum absolute atomic E-state index is 12.5. The zero-order chi connectivity index (χ0) is 17.5. The van der Waals surface area contributed by atoms with Gasteiger partial charge in [-0.05, 0) is 29.8 Å². The number of nitrogens with one attached hydrogen (secondary N) is 1. The molecule has 25 heavy (non-hydrogen) atoms. The summed E-state index contributed by atoms with van der Waals surface area (Å²) in [5.41, 5.74) is 1.000. The molecule has 1 heterocycles. The van der Waals surface area contributed by atoms with Crippen LogP contribution in [0.5, 0.6) is 5.75 Å². The lowest BCUT2D eigenvalue weighted by Gasteiger charge is -2.10. The van der Waals surface area contributed by atoms with Crippen LogP contribution in [0.15, 0.2) is 83.8 Å². The van der Waals surface area contributed by atoms with E-state index in [9.17, 15) is 9.59 Å². The van der Waals surface area contributed by atoms with Gasteiger partial charge >= 0.3 is 0 Å². The first-order chi connectivity index (χ1) is 12.2. The maximum atomic E-state index is 12.5. The van der Waals surface area contributed by atoms with Crippen LogP contribution in [0.4, 0.5) is 5.69 Å². The molecule has 0 unspecified atom stereocenters. The zero-order valence-corrected chi connectivity index (χ0v) is 13.6. The van der Waals surface area contributed by atoms with Crippen LogP contribution in [-0.2, 0) is 11.3 Å². The number of ether oxygens (including phenoxy) is 1. The predicted molar refractivity (Wildman–Crippen MR) is 96.8 cm³/mol. The lowest BCUT2D eigenvalue weighted by atomic mass is 10.2. The van der Waals surface area contributed by atoms with Crippen molar-refractivity contribution in [2.45, 2.75) is 6.54 Å². The number of rotatable bonds is 6. The van der Waals surface area contributed by atoms with E-state index in [1.807, 2.05) is 48.5 Å². The van der Waals surface area contributed by atoms with E-state index in [0.717, 1.165) is 5.56 Å². The fourth-order valence-corrected chi connectivity index (χ4v) is 2.39. The fraction of sp³-hybridized carbons (Fsp3) is 0.100. The molecule has 2 aromatic carbocycles. The van der Waals surface area contributed by atoms with Gasteiger partial charge < -0.3 is 14.6 Å². The Bertz CT molecular complexity index is 890. The number of hydrogen-bond donors (Lipinski definition) is 1. The summed E-state index contributed by atoms with van der Waals surface area (Å²) < 4.78 is 6.94. The van der Waals surface area contributed by atoms with Gasteiger partial charge in [-0.25, -0.2) is 0 Å². The molecule has 0 aliphatic carbocycles. The number of anilines is 1. The summed E-state index contributed by atoms with van der Waals surface area (Å²) in [5.74, 6) is 0.227. The highest BCUT2D eigenvalue weighted by Crippen LogP contribution is 2.08. The number of para-hydroxylation sites is 1. The summed E-state index contributed by atoms with van der Waals surface area (Å²) in [6, 6.07) is 22.0. The van der Waals surface area contributed by atoms with Crippen LogP contribution < -0.4 is 15.6 Å². The van der Waals surface area contributed by atoms with E-state index in [1.54, 1.807) is 35.0 Å². The first kappa shape index (κ1) is 16.5. The predicted octanol–water partition coefficient (Wildman–Crippen LogP) is 2.91. The molecule has 126 valence electrons. The zero-order valence-electron chi connectivity index (χ0n) is 13.6. The second-order valence-electron chi connectivity index (χ2n) is 5.49. The number of nitrogens with zero attached hydrogens (tertiary/aromatic N) is 1. The molecular formula is C20H18N2O3. The standard InChI is InChI=1S/C20H18N2O3/c23-19(15-25-17-10-5-2-6-11-17)21-18-12-7-13-22(20(18)24)14-16-8-3-1-4-9-16/h1-13H,14-15H2,(H,21,23). The maximum Gasteiger partial charge on any atom is 0.274 e. The Morgan fingerprint density at radius 3 is 2.32 bits per heavy atom. The number of carbonyl (C=O) groups is 1. The van der Waals surface area contributed by atoms with Crippen molar-refractivity contribution >= 4 is 11.6 Å². The summed E-state index contributed by atoms with van der Waals surface area (Å²) in [4.78, 5) is 24.5. The molecule has 0 atom stereocenters. The Hall–Kier alpha value is -3.34. The highest BCUT2D eigenvalue weighted by Gasteiger charge is 2.08. The first-order valence-electron chi connectivity index (χ1n) is 7.93. The van der Waals surface area contributed by atoms with Gasteiger partial charge in [-0.1, -0.05) is 48.5 Å². The SMILES string of the molecule is O=C(COc1ccccc1)Nc1cccn(Cc2ccccc2)c1=O. The third-order valence-corrected chi connectivity index (χ3v) is 3.60. The highest BCUT2D eigenvalue weighted by atomic mass is 16.5. The van der Waals surface area contributed by atoms with Gasteiger partial charge in [0, 0.05) is 6.20 Å². The van der Waals surface area contributed by atoms with Crippen LogP contribution in [0.3, 0.4) is 0 Å². The Morgan fingerprint density at radius 2 is 1.60 bits per heavy atom. The van der Waals surface area contributed by atoms with Gasteiger partial charge in [-0.3, -0.25) is 9.59 Å². The molecule has 0 saturated heterocycles. The van der Waals surface area contributed by atoms with E-state index < -0.39 is 0 Å². The minimum Gasteiger partial charge on any atom is -0.484 e. The van der Waals surface area contributed by atoms with Gasteiger partial charge in [0.15, 0.2) is 6.61 Å². The van der Waals surface area contributed by atoms with Gasteiger partial charge in [-0.15, -0.1) is 0 Å². The molecular weight excluding hydrogens is 316 g/mol. The van der Waals surface area contributed by atoms with Crippen molar-refractivity contribution in [3.05, 3.63) is 94.9 Å². The van der Waals surface area contributed by atoms with Crippen molar-refractivity contribution in [2.75, 3.05) is 11.9 Å². The van der Waals surface area contributed by atoms with Crippen LogP contribution in [0.1, 0.15) is 5.56 Å². The minimum absolute atomic E-state index is 0.156. The molecule has 0 saturated carbocycles. The van der Waals surface area contributed by atoms with Crippen molar-refractivity contribution in [3.8, 4) is 5.75 Å². The second-order valence-corrected chi connectivity index (χ2v) is 5.49. The van der Waals surface area contributed by atoms with Crippen molar-refractivity contribution in [2.24, 2.45) is 0 Å². The Balaban J connectivity index is 1.65. The molecule has 1 N–H and O–H groups in total. The molecule has 0 spiro atoms. The molecule has 3 aromatic rings. The molecule has 1 aromatic heterocycles. The van der Waals surface area contributed by atoms with Crippen molar-refractivity contribution in [3.63, 3.8) is 0 Å². The topological polar surface area (TPSA) is 60.3 Å². The lowest BCUT2D eigenvalue weighted by molar-refractivity contribution is -0.118. The largest absolute Gasteiger partial charge is 0.484 e. The summed E-state index contributed by atoms with van der Waals surface area (Å²) in [7, 11) is 0. The van der Waals surface area contributed by atoms with Crippen LogP contribution >= 0.6 is 0 Å². The van der Waals surface area contributed by atoms with Crippen molar-refractivity contribution < 1.29 is 9.53 Å². The number of pyridine rings is 1. The molecule has 0 radical (unpaired) electrons. The summed E-state index contributed by atoms with van der Waals surface area (Å²) in [5, 5.41) is 2.61. The quantitative estimate of drug-likeness (QED) is 0.754. The number of benzene rings is 2. The van der Waals surface area contributed by atoms with Crippen LogP contribution in [0.2, 0.25) is 0 Å². The Labute approximate surface area is 145 Å². The van der Waals surface area contributed by atoms with Gasteiger partial charge in [0.2, 0.25) is 0 Å². The molecule has 1 amide bonds. The monoisotopic (exact) mass is 334 g/mol. The van der Waals surface area contributed by atoms with Gasteiger partial charge in [0.1, 0.15) is 11.4 Å². The van der Waals surface area contributed by atoms with E-state index in [0.29, 0.717) is 12.3 Å². The van der Waals surface area contributed by atoms with Crippen molar-refractivity contribution in [1.29, 1.82) is 0 Å². The number of hydrogen-bond acceptors (Lipinski definition) is 3. The van der Waals surface area contributed by atoms with E-state index >= 15 is 0 Å². The summed E-state index contributed by atoms with van der Waals surface area (Å²) >= 11 is 0. The minimum atomic E-state index is -0.376. The number of aromatic nitrogens is 1. The molecule has 0 bridgehead atoms. The second kappa shape index (κ2) is 7.97. The van der Waals surface area contributed by atoms with E-state index in [4.69, 9.17) is 4.74 Å². The third kappa shape index (κ3) is 4.57. The van der Waals surface area contributed by atoms with E-state index in [-0.39, 0.29) is 23.8 Å². The van der Waals surface area contributed by atoms with Gasteiger partial charge in [0.05, 0.1) is 6.54 Å². The molecule has 0 aliphatic heterocycles. The molecule has 5 nitrogen and oxygen atoms in total. The third-order valence-electron chi connectivity index (χ3n) is 3.60. The molecule has 5 heteroatoms. The molecule has 3 rings (SSSR count). The average Bonchev–Trinajstić information content (AvgIpc) is 2.65. The first-order valence-corrected chi connectivity index (χ1v) is 7.93. The summed E-state index contributed by atoms with van der Waals surface area (Å²) in [6.07, 6.45) is 1.70. The highest BCUT2D eigenvalue weighted by molar-refractivity contribution is 5.91. The average molecular weight is 334 g/mol. The van der Waals surface area contributed by atoms with E-state index in [2.05, 4.69) is 5.32 Å². The van der Waals surface area contributed by atoms with Gasteiger partial charge in [-0.2, -0.15) is 0 Å². The lowest BCUT2D eigenvalue weighted by Crippen LogP contribution is -2.28. The van der Waals surface area contributed by atoms with Gasteiger partial charge in [0.25, 0.3) is 11.5 Å². The fourth-order valence-electron chi connectivity index (χ4n) is 2.39. The molecule has 0 aliphatic rings. The van der Waals surface area contributed by atoms with Crippen LogP contribution in [-0.4, -0.2) is 17.1 Å². The Kier molecular flexibility index (Phi) is 5.26. The smallest absolute Gasteiger partial charge is 0.274 e. The number of amides is 1. The normalized spacial score (nSPS) is 10.2. The van der Waals surface area contributed by atoms with E-state index in [1.165, 1.54) is 0 Å². The Morgan fingerprint density at radius 1 is 0.920 bits per heavy atom. The number of carbonyl (C=O) groups excluding carboxylic acids is 1. The molecule has 0 fully saturated rings.